The number of aromatic nitrogens is 2. The van der Waals surface area contributed by atoms with Crippen molar-refractivity contribution >= 4 is 11.9 Å². The van der Waals surface area contributed by atoms with Gasteiger partial charge in [-0.15, -0.1) is 0 Å². The van der Waals surface area contributed by atoms with Crippen molar-refractivity contribution in [1.82, 2.24) is 24.5 Å². The molecule has 2 fully saturated rings. The topological polar surface area (TPSA) is 61.7 Å². The number of benzene rings is 2. The summed E-state index contributed by atoms with van der Waals surface area (Å²) in [5.74, 6) is -0.0459. The highest BCUT2D eigenvalue weighted by Crippen LogP contribution is 2.38. The van der Waals surface area contributed by atoms with Gasteiger partial charge >= 0.3 is 6.03 Å². The first kappa shape index (κ1) is 22.3. The number of urea groups is 1. The van der Waals surface area contributed by atoms with Gasteiger partial charge < -0.3 is 4.90 Å². The van der Waals surface area contributed by atoms with E-state index in [1.807, 2.05) is 77.6 Å². The number of hydrogen-bond acceptors (Lipinski definition) is 4. The fraction of sp³-hybridized carbons (Fsp3) is 0.370. The number of carbonyl (C=O) groups excluding carboxylic acids is 2. The number of rotatable bonds is 7. The van der Waals surface area contributed by atoms with Gasteiger partial charge in [-0.2, -0.15) is 5.10 Å². The minimum atomic E-state index is -0.758. The van der Waals surface area contributed by atoms with Crippen LogP contribution in [0.4, 0.5) is 4.79 Å². The second-order valence-corrected chi connectivity index (χ2v) is 9.38. The molecule has 0 N–H and O–H groups in total. The molecule has 0 saturated carbocycles. The van der Waals surface area contributed by atoms with E-state index in [1.165, 1.54) is 16.0 Å². The Morgan fingerprint density at radius 2 is 1.50 bits per heavy atom. The van der Waals surface area contributed by atoms with Crippen molar-refractivity contribution in [2.75, 3.05) is 19.6 Å². The Hall–Kier alpha value is -3.45. The zero-order valence-electron chi connectivity index (χ0n) is 19.6. The molecule has 0 bridgehead atoms. The van der Waals surface area contributed by atoms with Gasteiger partial charge in [-0.25, -0.2) is 4.79 Å². The average molecular weight is 458 g/mol. The second-order valence-electron chi connectivity index (χ2n) is 9.38. The third-order valence-electron chi connectivity index (χ3n) is 7.12. The summed E-state index contributed by atoms with van der Waals surface area (Å²) >= 11 is 0. The summed E-state index contributed by atoms with van der Waals surface area (Å²) in [6.45, 7) is 3.22. The third kappa shape index (κ3) is 4.35. The molecule has 7 heteroatoms. The minimum absolute atomic E-state index is 0.0459. The van der Waals surface area contributed by atoms with Gasteiger partial charge in [0, 0.05) is 45.0 Å². The van der Waals surface area contributed by atoms with E-state index in [-0.39, 0.29) is 11.9 Å². The normalized spacial score (nSPS) is 18.3. The third-order valence-corrected chi connectivity index (χ3v) is 7.12. The molecule has 1 spiro atoms. The van der Waals surface area contributed by atoms with Crippen LogP contribution in [0.25, 0.3) is 0 Å². The van der Waals surface area contributed by atoms with E-state index in [9.17, 15) is 9.59 Å². The van der Waals surface area contributed by atoms with Gasteiger partial charge in [-0.05, 0) is 30.4 Å². The molecule has 3 amide bonds. The first-order valence-electron chi connectivity index (χ1n) is 12.0. The minimum Gasteiger partial charge on any atom is -0.309 e. The molecule has 7 nitrogen and oxygen atoms in total. The van der Waals surface area contributed by atoms with Gasteiger partial charge in [-0.3, -0.25) is 19.3 Å². The lowest BCUT2D eigenvalue weighted by atomic mass is 9.85. The largest absolute Gasteiger partial charge is 0.328 e. The lowest BCUT2D eigenvalue weighted by Gasteiger charge is -2.42. The summed E-state index contributed by atoms with van der Waals surface area (Å²) in [4.78, 5) is 33.1. The van der Waals surface area contributed by atoms with Crippen molar-refractivity contribution in [2.45, 2.75) is 37.9 Å². The first-order valence-corrected chi connectivity index (χ1v) is 12.0. The molecule has 2 saturated heterocycles. The van der Waals surface area contributed by atoms with Crippen LogP contribution in [0, 0.1) is 0 Å². The van der Waals surface area contributed by atoms with E-state index in [0.717, 1.165) is 31.6 Å². The first-order chi connectivity index (χ1) is 16.5. The van der Waals surface area contributed by atoms with E-state index in [2.05, 4.69) is 22.1 Å². The van der Waals surface area contributed by atoms with Gasteiger partial charge in [0.15, 0.2) is 0 Å². The number of hydrogen-bond donors (Lipinski definition) is 0. The highest BCUT2D eigenvalue weighted by molar-refractivity contribution is 6.07. The number of imide groups is 1. The van der Waals surface area contributed by atoms with Gasteiger partial charge in [0.1, 0.15) is 5.54 Å². The van der Waals surface area contributed by atoms with Crippen LogP contribution in [0.15, 0.2) is 73.1 Å². The Labute approximate surface area is 200 Å². The van der Waals surface area contributed by atoms with E-state index in [0.29, 0.717) is 25.9 Å². The predicted octanol–water partition coefficient (Wildman–Crippen LogP) is 3.46. The number of aryl methyl sites for hydroxylation is 1. The van der Waals surface area contributed by atoms with Crippen LogP contribution < -0.4 is 0 Å². The molecule has 0 unspecified atom stereocenters. The van der Waals surface area contributed by atoms with E-state index in [4.69, 9.17) is 0 Å². The number of nitrogens with zero attached hydrogens (tertiary/aromatic N) is 5. The second kappa shape index (κ2) is 9.43. The monoisotopic (exact) mass is 457 g/mol. The molecule has 3 heterocycles. The molecule has 34 heavy (non-hydrogen) atoms. The van der Waals surface area contributed by atoms with Crippen LogP contribution in [-0.2, 0) is 31.4 Å². The fourth-order valence-electron chi connectivity index (χ4n) is 5.26. The Bertz CT molecular complexity index is 1140. The van der Waals surface area contributed by atoms with Crippen molar-refractivity contribution in [3.05, 3.63) is 89.7 Å². The van der Waals surface area contributed by atoms with Crippen LogP contribution in [0.1, 0.15) is 29.5 Å². The summed E-state index contributed by atoms with van der Waals surface area (Å²) in [5, 5.41) is 4.27. The van der Waals surface area contributed by atoms with Crippen LogP contribution in [-0.4, -0.2) is 61.6 Å². The molecule has 0 aliphatic carbocycles. The van der Waals surface area contributed by atoms with Crippen molar-refractivity contribution in [3.63, 3.8) is 0 Å². The molecular formula is C27H31N5O2. The van der Waals surface area contributed by atoms with Crippen LogP contribution in [0.2, 0.25) is 0 Å². The fourth-order valence-corrected chi connectivity index (χ4v) is 5.26. The summed E-state index contributed by atoms with van der Waals surface area (Å²) < 4.78 is 1.81. The molecule has 5 rings (SSSR count). The molecule has 2 aliphatic heterocycles. The lowest BCUT2D eigenvalue weighted by Crippen LogP contribution is -2.56. The Morgan fingerprint density at radius 3 is 2.12 bits per heavy atom. The number of amides is 3. The van der Waals surface area contributed by atoms with Crippen LogP contribution >= 0.6 is 0 Å². The van der Waals surface area contributed by atoms with Crippen molar-refractivity contribution in [3.8, 4) is 0 Å². The molecule has 176 valence electrons. The van der Waals surface area contributed by atoms with Gasteiger partial charge in [0.05, 0.1) is 12.7 Å². The van der Waals surface area contributed by atoms with Crippen LogP contribution in [0.3, 0.4) is 0 Å². The van der Waals surface area contributed by atoms with Gasteiger partial charge in [0.25, 0.3) is 5.91 Å². The van der Waals surface area contributed by atoms with Crippen LogP contribution in [0.5, 0.6) is 0 Å². The highest BCUT2D eigenvalue weighted by Gasteiger charge is 2.57. The number of likely N-dealkylation sites (tertiary alicyclic amines) is 1. The zero-order chi connectivity index (χ0) is 23.5. The molecular weight excluding hydrogens is 426 g/mol. The standard InChI is InChI=1S/C27H31N5O2/c1-29-19-24(18-28-29)20-30-16-13-27(14-17-30)25(33)31(21-23-10-6-3-7-11-23)26(34)32(27)15-12-22-8-4-2-5-9-22/h2-11,18-19H,12-17,20-21H2,1H3. The Morgan fingerprint density at radius 1 is 0.853 bits per heavy atom. The maximum Gasteiger partial charge on any atom is 0.328 e. The molecule has 0 atom stereocenters. The molecule has 2 aromatic carbocycles. The molecule has 0 radical (unpaired) electrons. The number of carbonyl (C=O) groups is 2. The summed E-state index contributed by atoms with van der Waals surface area (Å²) in [6.07, 6.45) is 5.96. The molecule has 2 aliphatic rings. The predicted molar refractivity (Wildman–Crippen MR) is 130 cm³/mol. The van der Waals surface area contributed by atoms with Crippen molar-refractivity contribution in [1.29, 1.82) is 0 Å². The van der Waals surface area contributed by atoms with E-state index in [1.54, 1.807) is 0 Å². The zero-order valence-corrected chi connectivity index (χ0v) is 19.6. The van der Waals surface area contributed by atoms with Gasteiger partial charge in [-0.1, -0.05) is 60.7 Å². The van der Waals surface area contributed by atoms with Crippen molar-refractivity contribution < 1.29 is 9.59 Å². The molecule has 1 aromatic heterocycles. The SMILES string of the molecule is Cn1cc(CN2CCC3(CC2)C(=O)N(Cc2ccccc2)C(=O)N3CCc2ccccc2)cn1. The van der Waals surface area contributed by atoms with Crippen molar-refractivity contribution in [2.24, 2.45) is 7.05 Å². The van der Waals surface area contributed by atoms with Gasteiger partial charge in [0.2, 0.25) is 0 Å². The maximum atomic E-state index is 13.8. The maximum absolute atomic E-state index is 13.8. The summed E-state index contributed by atoms with van der Waals surface area (Å²) in [6, 6.07) is 19.8. The lowest BCUT2D eigenvalue weighted by molar-refractivity contribution is -0.136. The smallest absolute Gasteiger partial charge is 0.309 e. The number of piperidine rings is 1. The average Bonchev–Trinajstić information content (AvgIpc) is 3.35. The van der Waals surface area contributed by atoms with E-state index < -0.39 is 5.54 Å². The van der Waals surface area contributed by atoms with E-state index >= 15 is 0 Å². The highest BCUT2D eigenvalue weighted by atomic mass is 16.2. The summed E-state index contributed by atoms with van der Waals surface area (Å²) in [7, 11) is 1.92. The summed E-state index contributed by atoms with van der Waals surface area (Å²) in [5.41, 5.74) is 2.55. The molecule has 3 aromatic rings. The Balaban J connectivity index is 1.35. The quantitative estimate of drug-likeness (QED) is 0.510. The Kier molecular flexibility index (Phi) is 6.20.